The number of hydrogen-bond acceptors (Lipinski definition) is 7. The zero-order valence-corrected chi connectivity index (χ0v) is 21.5. The second-order valence-corrected chi connectivity index (χ2v) is 10.3. The van der Waals surface area contributed by atoms with E-state index >= 15 is 0 Å². The van der Waals surface area contributed by atoms with Crippen LogP contribution >= 0.6 is 0 Å². The van der Waals surface area contributed by atoms with E-state index < -0.39 is 29.6 Å². The molecular weight excluding hydrogens is 474 g/mol. The first-order valence-electron chi connectivity index (χ1n) is 12.5. The minimum Gasteiger partial charge on any atom is -0.442 e. The molecule has 2 saturated heterocycles. The molecule has 1 aromatic rings. The Morgan fingerprint density at radius 2 is 1.86 bits per heavy atom. The molecule has 2 heterocycles. The highest BCUT2D eigenvalue weighted by molar-refractivity contribution is 5.97. The van der Waals surface area contributed by atoms with Crippen LogP contribution in [0.1, 0.15) is 32.8 Å². The molecular formula is C27H35N5O5. The van der Waals surface area contributed by atoms with E-state index in [1.807, 2.05) is 29.2 Å². The Hall–Kier alpha value is -3.50. The Balaban J connectivity index is 1.48. The van der Waals surface area contributed by atoms with E-state index in [9.17, 15) is 19.2 Å². The van der Waals surface area contributed by atoms with Gasteiger partial charge in [-0.15, -0.1) is 0 Å². The van der Waals surface area contributed by atoms with Crippen LogP contribution in [-0.2, 0) is 24.5 Å². The van der Waals surface area contributed by atoms with Crippen LogP contribution in [0.25, 0.3) is 0 Å². The first-order valence-corrected chi connectivity index (χ1v) is 12.5. The maximum absolute atomic E-state index is 13.0. The summed E-state index contributed by atoms with van der Waals surface area (Å²) in [4.78, 5) is 52.8. The van der Waals surface area contributed by atoms with E-state index in [0.717, 1.165) is 11.1 Å². The maximum atomic E-state index is 13.0. The summed E-state index contributed by atoms with van der Waals surface area (Å²) in [7, 11) is 0. The molecule has 0 bridgehead atoms. The van der Waals surface area contributed by atoms with Crippen LogP contribution in [-0.4, -0.2) is 73.0 Å². The van der Waals surface area contributed by atoms with Crippen molar-refractivity contribution in [2.45, 2.75) is 44.2 Å². The summed E-state index contributed by atoms with van der Waals surface area (Å²) in [6.07, 6.45) is 4.77. The fourth-order valence-electron chi connectivity index (χ4n) is 5.53. The lowest BCUT2D eigenvalue weighted by molar-refractivity contribution is -0.141. The lowest BCUT2D eigenvalue weighted by Gasteiger charge is -2.57. The standard InChI is InChI=1S/C27H35N5O5/c1-4-23(34)30-13-21-14-32(25(36)37-21)20-8-6-19(7-9-20)26(3)15-31(16-26)27(17(2)33)11-18(12-28)5-10-22(27)24(29)35/h5-11,21-22H,4,12-16,28H2,1-3H3,(H2,29,35)(H,30,34)/t21-,22?,27?/m0/s1. The monoisotopic (exact) mass is 509 g/mol. The number of anilines is 1. The van der Waals surface area contributed by atoms with Crippen molar-refractivity contribution in [2.24, 2.45) is 17.4 Å². The van der Waals surface area contributed by atoms with Gasteiger partial charge in [0.15, 0.2) is 5.78 Å². The van der Waals surface area contributed by atoms with Gasteiger partial charge in [-0.25, -0.2) is 4.79 Å². The minimum absolute atomic E-state index is 0.0886. The van der Waals surface area contributed by atoms with E-state index in [2.05, 4.69) is 12.2 Å². The molecule has 2 aliphatic heterocycles. The van der Waals surface area contributed by atoms with Gasteiger partial charge in [-0.1, -0.05) is 44.2 Å². The highest BCUT2D eigenvalue weighted by Gasteiger charge is 2.56. The number of rotatable bonds is 9. The number of amides is 3. The quantitative estimate of drug-likeness (QED) is 0.450. The van der Waals surface area contributed by atoms with Crippen LogP contribution in [0.3, 0.4) is 0 Å². The highest BCUT2D eigenvalue weighted by atomic mass is 16.6. The van der Waals surface area contributed by atoms with Gasteiger partial charge in [0.1, 0.15) is 11.6 Å². The minimum atomic E-state index is -1.16. The fraction of sp³-hybridized carbons (Fsp3) is 0.481. The summed E-state index contributed by atoms with van der Waals surface area (Å²) in [6, 6.07) is 7.70. The van der Waals surface area contributed by atoms with Crippen molar-refractivity contribution < 1.29 is 23.9 Å². The van der Waals surface area contributed by atoms with Crippen LogP contribution in [0, 0.1) is 5.92 Å². The molecule has 10 nitrogen and oxygen atoms in total. The van der Waals surface area contributed by atoms with Crippen molar-refractivity contribution in [3.05, 3.63) is 53.6 Å². The van der Waals surface area contributed by atoms with Crippen LogP contribution in [0.2, 0.25) is 0 Å². The van der Waals surface area contributed by atoms with Crippen molar-refractivity contribution >= 4 is 29.4 Å². The van der Waals surface area contributed by atoms with E-state index in [0.29, 0.717) is 31.7 Å². The van der Waals surface area contributed by atoms with Crippen molar-refractivity contribution in [2.75, 3.05) is 37.6 Å². The summed E-state index contributed by atoms with van der Waals surface area (Å²) in [5.41, 5.74) is 12.7. The summed E-state index contributed by atoms with van der Waals surface area (Å²) < 4.78 is 5.39. The summed E-state index contributed by atoms with van der Waals surface area (Å²) in [6.45, 7) is 7.34. The number of cyclic esters (lactones) is 1. The molecule has 5 N–H and O–H groups in total. The Bertz CT molecular complexity index is 1150. The molecule has 3 atom stereocenters. The number of ether oxygens (including phenoxy) is 1. The molecule has 0 spiro atoms. The van der Waals surface area contributed by atoms with Crippen molar-refractivity contribution in [1.29, 1.82) is 0 Å². The first kappa shape index (κ1) is 26.6. The van der Waals surface area contributed by atoms with Crippen LogP contribution in [0.5, 0.6) is 0 Å². The third-order valence-corrected chi connectivity index (χ3v) is 7.69. The number of carbonyl (C=O) groups is 4. The predicted octanol–water partition coefficient (Wildman–Crippen LogP) is 0.996. The Kier molecular flexibility index (Phi) is 7.25. The number of hydrogen-bond donors (Lipinski definition) is 3. The summed E-state index contributed by atoms with van der Waals surface area (Å²) in [5, 5.41) is 2.75. The summed E-state index contributed by atoms with van der Waals surface area (Å²) in [5.74, 6) is -1.57. The maximum Gasteiger partial charge on any atom is 0.414 e. The number of ketones is 1. The van der Waals surface area contributed by atoms with Gasteiger partial charge >= 0.3 is 6.09 Å². The molecule has 2 fully saturated rings. The van der Waals surface area contributed by atoms with E-state index in [4.69, 9.17) is 16.2 Å². The Morgan fingerprint density at radius 3 is 2.43 bits per heavy atom. The van der Waals surface area contributed by atoms with Gasteiger partial charge < -0.3 is 21.5 Å². The number of nitrogens with one attached hydrogen (secondary N) is 1. The second-order valence-electron chi connectivity index (χ2n) is 10.3. The van der Waals surface area contributed by atoms with Crippen LogP contribution in [0.15, 0.2) is 48.1 Å². The lowest BCUT2D eigenvalue weighted by atomic mass is 9.67. The van der Waals surface area contributed by atoms with Gasteiger partial charge in [0.05, 0.1) is 19.0 Å². The first-order chi connectivity index (χ1) is 17.5. The molecule has 2 unspecified atom stereocenters. The third-order valence-electron chi connectivity index (χ3n) is 7.69. The molecule has 3 aliphatic rings. The molecule has 198 valence electrons. The summed E-state index contributed by atoms with van der Waals surface area (Å²) >= 11 is 0. The highest BCUT2D eigenvalue weighted by Crippen LogP contribution is 2.44. The van der Waals surface area contributed by atoms with Gasteiger partial charge in [-0.3, -0.25) is 24.2 Å². The largest absolute Gasteiger partial charge is 0.442 e. The van der Waals surface area contributed by atoms with E-state index in [1.165, 1.54) is 6.92 Å². The molecule has 0 radical (unpaired) electrons. The molecule has 0 saturated carbocycles. The number of primary amides is 1. The van der Waals surface area contributed by atoms with Gasteiger partial charge in [0, 0.05) is 37.2 Å². The number of likely N-dealkylation sites (tertiary alicyclic amines) is 1. The average molecular weight is 510 g/mol. The number of carbonyl (C=O) groups excluding carboxylic acids is 4. The van der Waals surface area contributed by atoms with Gasteiger partial charge in [-0.05, 0) is 30.2 Å². The number of nitrogens with zero attached hydrogens (tertiary/aromatic N) is 2. The second kappa shape index (κ2) is 10.1. The zero-order chi connectivity index (χ0) is 27.0. The molecule has 1 aliphatic carbocycles. The Labute approximate surface area is 216 Å². The van der Waals surface area contributed by atoms with Crippen molar-refractivity contribution in [3.8, 4) is 0 Å². The molecule has 3 amide bonds. The van der Waals surface area contributed by atoms with Crippen molar-refractivity contribution in [1.82, 2.24) is 10.2 Å². The van der Waals surface area contributed by atoms with Crippen molar-refractivity contribution in [3.63, 3.8) is 0 Å². The average Bonchev–Trinajstić information content (AvgIpc) is 3.24. The normalized spacial score (nSPS) is 26.8. The lowest BCUT2D eigenvalue weighted by Crippen LogP contribution is -2.71. The predicted molar refractivity (Wildman–Crippen MR) is 139 cm³/mol. The molecule has 4 rings (SSSR count). The molecule has 1 aromatic carbocycles. The molecule has 10 heteroatoms. The van der Waals surface area contributed by atoms with Gasteiger partial charge in [0.25, 0.3) is 0 Å². The number of Topliss-reactive ketones (excluding diaryl/α,β-unsaturated/α-hetero) is 1. The molecule has 37 heavy (non-hydrogen) atoms. The SMILES string of the molecule is CCC(=O)NC[C@H]1CN(c2ccc(C3(C)CN(C4(C(C)=O)C=C(CN)C=CC4C(N)=O)C3)cc2)C(=O)O1. The van der Waals surface area contributed by atoms with E-state index in [-0.39, 0.29) is 30.2 Å². The van der Waals surface area contributed by atoms with Crippen LogP contribution in [0.4, 0.5) is 10.5 Å². The topological polar surface area (TPSA) is 148 Å². The number of benzene rings is 1. The van der Waals surface area contributed by atoms with E-state index in [1.54, 1.807) is 30.1 Å². The number of nitrogens with two attached hydrogens (primary N) is 2. The molecule has 0 aromatic heterocycles. The fourth-order valence-corrected chi connectivity index (χ4v) is 5.53. The van der Waals surface area contributed by atoms with Gasteiger partial charge in [-0.2, -0.15) is 0 Å². The third kappa shape index (κ3) is 4.78. The zero-order valence-electron chi connectivity index (χ0n) is 21.5. The van der Waals surface area contributed by atoms with Crippen LogP contribution < -0.4 is 21.7 Å². The smallest absolute Gasteiger partial charge is 0.414 e. The Morgan fingerprint density at radius 1 is 1.19 bits per heavy atom. The van der Waals surface area contributed by atoms with Gasteiger partial charge in [0.2, 0.25) is 11.8 Å².